The van der Waals surface area contributed by atoms with Gasteiger partial charge in [-0.2, -0.15) is 0 Å². The first-order valence-corrected chi connectivity index (χ1v) is 6.62. The molecule has 0 bridgehead atoms. The van der Waals surface area contributed by atoms with Crippen LogP contribution in [-0.2, 0) is 11.3 Å². The molecule has 0 radical (unpaired) electrons. The van der Waals surface area contributed by atoms with E-state index in [9.17, 15) is 4.79 Å². The number of carbonyl (C=O) groups excluding carboxylic acids is 1. The van der Waals surface area contributed by atoms with Gasteiger partial charge >= 0.3 is 0 Å². The third-order valence-corrected chi connectivity index (χ3v) is 3.11. The van der Waals surface area contributed by atoms with E-state index in [1.54, 1.807) is 33.3 Å². The Hall–Kier alpha value is -1.43. The monoisotopic (exact) mass is 281 g/mol. The van der Waals surface area contributed by atoms with Crippen LogP contribution in [0.3, 0.4) is 0 Å². The molecule has 0 saturated heterocycles. The highest BCUT2D eigenvalue weighted by atomic mass is 16.5. The second-order valence-electron chi connectivity index (χ2n) is 4.58. The maximum absolute atomic E-state index is 11.5. The van der Waals surface area contributed by atoms with Gasteiger partial charge in [0.1, 0.15) is 5.75 Å². The zero-order valence-electron chi connectivity index (χ0n) is 12.4. The highest BCUT2D eigenvalue weighted by Gasteiger charge is 2.11. The van der Waals surface area contributed by atoms with Crippen molar-refractivity contribution in [2.24, 2.45) is 0 Å². The summed E-state index contributed by atoms with van der Waals surface area (Å²) in [5, 5.41) is 9.12. The third-order valence-electron chi connectivity index (χ3n) is 3.11. The maximum atomic E-state index is 11.5. The maximum Gasteiger partial charge on any atom is 0.159 e. The molecule has 0 aromatic heterocycles. The molecule has 0 unspecified atom stereocenters. The first kappa shape index (κ1) is 16.6. The molecular formula is C15H23NO4. The minimum atomic E-state index is 0.0273. The van der Waals surface area contributed by atoms with Crippen molar-refractivity contribution in [2.75, 3.05) is 40.5 Å². The van der Waals surface area contributed by atoms with Gasteiger partial charge in [-0.05, 0) is 25.1 Å². The summed E-state index contributed by atoms with van der Waals surface area (Å²) in [4.78, 5) is 13.5. The van der Waals surface area contributed by atoms with Crippen LogP contribution in [0.5, 0.6) is 5.75 Å². The van der Waals surface area contributed by atoms with Crippen molar-refractivity contribution in [1.29, 1.82) is 0 Å². The van der Waals surface area contributed by atoms with E-state index in [0.29, 0.717) is 31.8 Å². The fraction of sp³-hybridized carbons (Fsp3) is 0.533. The predicted molar refractivity (Wildman–Crippen MR) is 77.2 cm³/mol. The van der Waals surface area contributed by atoms with Gasteiger partial charge in [0.2, 0.25) is 0 Å². The standard InChI is InChI=1S/C15H23NO4/c1-12(18)13-4-5-15(20-3)14(10-13)11-16(6-8-17)7-9-19-2/h4-5,10,17H,6-9,11H2,1-3H3. The van der Waals surface area contributed by atoms with E-state index in [1.165, 1.54) is 0 Å². The number of ketones is 1. The second kappa shape index (κ2) is 8.68. The third kappa shape index (κ3) is 4.92. The molecule has 0 aliphatic rings. The SMILES string of the molecule is COCCN(CCO)Cc1cc(C(C)=O)ccc1OC. The minimum absolute atomic E-state index is 0.0273. The predicted octanol–water partition coefficient (Wildman–Crippen LogP) is 1.34. The number of rotatable bonds is 9. The van der Waals surface area contributed by atoms with Crippen LogP contribution in [0.1, 0.15) is 22.8 Å². The topological polar surface area (TPSA) is 59.0 Å². The molecule has 5 nitrogen and oxygen atoms in total. The summed E-state index contributed by atoms with van der Waals surface area (Å²) in [6.07, 6.45) is 0. The van der Waals surface area contributed by atoms with Gasteiger partial charge in [-0.1, -0.05) is 0 Å². The summed E-state index contributed by atoms with van der Waals surface area (Å²) in [5.41, 5.74) is 1.60. The number of hydrogen-bond acceptors (Lipinski definition) is 5. The Morgan fingerprint density at radius 3 is 2.60 bits per heavy atom. The van der Waals surface area contributed by atoms with E-state index in [0.717, 1.165) is 11.3 Å². The number of ether oxygens (including phenoxy) is 2. The first-order valence-electron chi connectivity index (χ1n) is 6.62. The van der Waals surface area contributed by atoms with Gasteiger partial charge in [-0.25, -0.2) is 0 Å². The average molecular weight is 281 g/mol. The largest absolute Gasteiger partial charge is 0.496 e. The molecule has 112 valence electrons. The Morgan fingerprint density at radius 1 is 1.30 bits per heavy atom. The molecule has 1 rings (SSSR count). The summed E-state index contributed by atoms with van der Waals surface area (Å²) >= 11 is 0. The minimum Gasteiger partial charge on any atom is -0.496 e. The average Bonchev–Trinajstić information content (AvgIpc) is 2.44. The van der Waals surface area contributed by atoms with Gasteiger partial charge in [0.15, 0.2) is 5.78 Å². The van der Waals surface area contributed by atoms with E-state index in [1.807, 2.05) is 6.07 Å². The Labute approximate surface area is 120 Å². The summed E-state index contributed by atoms with van der Waals surface area (Å²) in [6.45, 7) is 4.09. The quantitative estimate of drug-likeness (QED) is 0.692. The van der Waals surface area contributed by atoms with Crippen LogP contribution >= 0.6 is 0 Å². The van der Waals surface area contributed by atoms with Crippen LogP contribution in [0, 0.1) is 0 Å². The van der Waals surface area contributed by atoms with Gasteiger partial charge < -0.3 is 14.6 Å². The molecule has 0 aliphatic heterocycles. The highest BCUT2D eigenvalue weighted by molar-refractivity contribution is 5.94. The Morgan fingerprint density at radius 2 is 2.05 bits per heavy atom. The van der Waals surface area contributed by atoms with E-state index >= 15 is 0 Å². The molecule has 1 aromatic carbocycles. The molecule has 0 saturated carbocycles. The molecule has 1 aromatic rings. The molecule has 0 fully saturated rings. The number of aliphatic hydroxyl groups excluding tert-OH is 1. The van der Waals surface area contributed by atoms with Crippen LogP contribution in [0.15, 0.2) is 18.2 Å². The van der Waals surface area contributed by atoms with Gasteiger partial charge in [-0.3, -0.25) is 9.69 Å². The number of benzene rings is 1. The summed E-state index contributed by atoms with van der Waals surface area (Å²) < 4.78 is 10.4. The van der Waals surface area contributed by atoms with Crippen molar-refractivity contribution < 1.29 is 19.4 Å². The van der Waals surface area contributed by atoms with E-state index in [-0.39, 0.29) is 12.4 Å². The zero-order chi connectivity index (χ0) is 15.0. The Balaban J connectivity index is 2.90. The summed E-state index contributed by atoms with van der Waals surface area (Å²) in [6, 6.07) is 5.41. The number of nitrogens with zero attached hydrogens (tertiary/aromatic N) is 1. The van der Waals surface area contributed by atoms with E-state index in [4.69, 9.17) is 14.6 Å². The summed E-state index contributed by atoms with van der Waals surface area (Å²) in [5.74, 6) is 0.773. The van der Waals surface area contributed by atoms with Crippen LogP contribution in [-0.4, -0.2) is 56.3 Å². The van der Waals surface area contributed by atoms with E-state index < -0.39 is 0 Å². The molecule has 20 heavy (non-hydrogen) atoms. The molecule has 0 heterocycles. The lowest BCUT2D eigenvalue weighted by Gasteiger charge is -2.22. The fourth-order valence-electron chi connectivity index (χ4n) is 1.99. The lowest BCUT2D eigenvalue weighted by molar-refractivity contribution is 0.101. The van der Waals surface area contributed by atoms with Crippen LogP contribution in [0.2, 0.25) is 0 Å². The van der Waals surface area contributed by atoms with Gasteiger partial charge in [-0.15, -0.1) is 0 Å². The van der Waals surface area contributed by atoms with Crippen molar-refractivity contribution in [3.05, 3.63) is 29.3 Å². The van der Waals surface area contributed by atoms with Crippen LogP contribution in [0.4, 0.5) is 0 Å². The molecule has 0 atom stereocenters. The first-order chi connectivity index (χ1) is 9.62. The highest BCUT2D eigenvalue weighted by Crippen LogP contribution is 2.22. The number of Topliss-reactive ketones (excluding diaryl/α,β-unsaturated/α-hetero) is 1. The van der Waals surface area contributed by atoms with E-state index in [2.05, 4.69) is 4.90 Å². The second-order valence-corrected chi connectivity index (χ2v) is 4.58. The molecule has 0 amide bonds. The van der Waals surface area contributed by atoms with Gasteiger partial charge in [0, 0.05) is 37.9 Å². The fourth-order valence-corrected chi connectivity index (χ4v) is 1.99. The van der Waals surface area contributed by atoms with Crippen molar-refractivity contribution in [2.45, 2.75) is 13.5 Å². The molecular weight excluding hydrogens is 258 g/mol. The normalized spacial score (nSPS) is 10.8. The summed E-state index contributed by atoms with van der Waals surface area (Å²) in [7, 11) is 3.26. The molecule has 5 heteroatoms. The number of aliphatic hydroxyl groups is 1. The lowest BCUT2D eigenvalue weighted by Crippen LogP contribution is -2.30. The van der Waals surface area contributed by atoms with Gasteiger partial charge in [0.05, 0.1) is 20.3 Å². The Kier molecular flexibility index (Phi) is 7.22. The smallest absolute Gasteiger partial charge is 0.159 e. The number of carbonyl (C=O) groups is 1. The molecule has 0 aliphatic carbocycles. The number of hydrogen-bond donors (Lipinski definition) is 1. The van der Waals surface area contributed by atoms with Crippen molar-refractivity contribution >= 4 is 5.78 Å². The van der Waals surface area contributed by atoms with Crippen molar-refractivity contribution in [3.8, 4) is 5.75 Å². The lowest BCUT2D eigenvalue weighted by atomic mass is 10.1. The zero-order valence-corrected chi connectivity index (χ0v) is 12.4. The number of methoxy groups -OCH3 is 2. The van der Waals surface area contributed by atoms with Gasteiger partial charge in [0.25, 0.3) is 0 Å². The van der Waals surface area contributed by atoms with Crippen LogP contribution in [0.25, 0.3) is 0 Å². The van der Waals surface area contributed by atoms with Crippen molar-refractivity contribution in [3.63, 3.8) is 0 Å². The Bertz CT molecular complexity index is 434. The van der Waals surface area contributed by atoms with Crippen LogP contribution < -0.4 is 4.74 Å². The molecule has 1 N–H and O–H groups in total. The van der Waals surface area contributed by atoms with Crippen molar-refractivity contribution in [1.82, 2.24) is 4.90 Å². The molecule has 0 spiro atoms.